The molecule has 3 aromatic rings. The summed E-state index contributed by atoms with van der Waals surface area (Å²) < 4.78 is 41.8. The Labute approximate surface area is 175 Å². The zero-order chi connectivity index (χ0) is 22.2. The molecular formula is C21H21F3N4O3. The van der Waals surface area contributed by atoms with Gasteiger partial charge in [0.2, 0.25) is 0 Å². The second kappa shape index (κ2) is 8.27. The fraction of sp³-hybridized carbons (Fsp3) is 0.381. The molecule has 3 heterocycles. The van der Waals surface area contributed by atoms with Crippen molar-refractivity contribution >= 4 is 11.6 Å². The second-order valence-corrected chi connectivity index (χ2v) is 7.55. The van der Waals surface area contributed by atoms with E-state index in [-0.39, 0.29) is 30.0 Å². The predicted molar refractivity (Wildman–Crippen MR) is 105 cm³/mol. The third kappa shape index (κ3) is 4.40. The number of carbonyl (C=O) groups excluding carboxylic acids is 1. The lowest BCUT2D eigenvalue weighted by Crippen LogP contribution is -2.40. The van der Waals surface area contributed by atoms with Crippen LogP contribution < -0.4 is 0 Å². The number of hydrogen-bond acceptors (Lipinski definition) is 5. The van der Waals surface area contributed by atoms with Crippen LogP contribution in [0.3, 0.4) is 0 Å². The number of rotatable bonds is 2. The SMILES string of the molecule is O=C(c1cc2nc(-c3ccccc3)cc(C(F)(F)F)n2n1)N1CCC[C@H](O)[C@H](O)CC1. The van der Waals surface area contributed by atoms with Crippen LogP contribution in [-0.4, -0.2) is 60.9 Å². The summed E-state index contributed by atoms with van der Waals surface area (Å²) in [5.41, 5.74) is -0.622. The number of amides is 1. The first kappa shape index (κ1) is 21.3. The Bertz CT molecular complexity index is 1080. The molecule has 1 fully saturated rings. The van der Waals surface area contributed by atoms with Crippen molar-refractivity contribution in [3.8, 4) is 11.3 Å². The Kier molecular flexibility index (Phi) is 5.67. The molecule has 1 amide bonds. The van der Waals surface area contributed by atoms with Crippen molar-refractivity contribution in [2.24, 2.45) is 0 Å². The highest BCUT2D eigenvalue weighted by Gasteiger charge is 2.36. The smallest absolute Gasteiger partial charge is 0.390 e. The van der Waals surface area contributed by atoms with Gasteiger partial charge in [-0.05, 0) is 25.3 Å². The zero-order valence-corrected chi connectivity index (χ0v) is 16.5. The van der Waals surface area contributed by atoms with E-state index in [9.17, 15) is 28.2 Å². The van der Waals surface area contributed by atoms with Crippen molar-refractivity contribution in [2.75, 3.05) is 13.1 Å². The van der Waals surface area contributed by atoms with Crippen LogP contribution in [0.4, 0.5) is 13.2 Å². The Morgan fingerprint density at radius 1 is 1.03 bits per heavy atom. The molecule has 0 bridgehead atoms. The number of aliphatic hydroxyl groups excluding tert-OH is 2. The van der Waals surface area contributed by atoms with Gasteiger partial charge in [-0.25, -0.2) is 9.50 Å². The van der Waals surface area contributed by atoms with Gasteiger partial charge in [-0.2, -0.15) is 18.3 Å². The van der Waals surface area contributed by atoms with Gasteiger partial charge in [0.25, 0.3) is 5.91 Å². The molecule has 0 unspecified atom stereocenters. The lowest BCUT2D eigenvalue weighted by molar-refractivity contribution is -0.142. The molecule has 7 nitrogen and oxygen atoms in total. The van der Waals surface area contributed by atoms with Crippen LogP contribution in [0.15, 0.2) is 42.5 Å². The van der Waals surface area contributed by atoms with Gasteiger partial charge in [-0.1, -0.05) is 30.3 Å². The van der Waals surface area contributed by atoms with Crippen molar-refractivity contribution in [2.45, 2.75) is 37.6 Å². The van der Waals surface area contributed by atoms with Gasteiger partial charge in [0.15, 0.2) is 17.0 Å². The highest BCUT2D eigenvalue weighted by atomic mass is 19.4. The third-order valence-electron chi connectivity index (χ3n) is 5.36. The summed E-state index contributed by atoms with van der Waals surface area (Å²) in [6.07, 6.45) is -5.54. The molecule has 1 aliphatic rings. The van der Waals surface area contributed by atoms with Crippen LogP contribution in [0.5, 0.6) is 0 Å². The normalized spacial score (nSPS) is 20.5. The van der Waals surface area contributed by atoms with Crippen LogP contribution >= 0.6 is 0 Å². The van der Waals surface area contributed by atoms with E-state index in [1.807, 2.05) is 0 Å². The molecule has 1 aromatic carbocycles. The van der Waals surface area contributed by atoms with Gasteiger partial charge >= 0.3 is 6.18 Å². The standard InChI is InChI=1S/C21H21F3N4O3/c22-21(23,24)18-11-14(13-5-2-1-3-6-13)25-19-12-15(26-28(18)19)20(31)27-9-4-7-16(29)17(30)8-10-27/h1-3,5-6,11-12,16-17,29-30H,4,7-10H2/t16-,17+/m0/s1. The van der Waals surface area contributed by atoms with Gasteiger partial charge in [0.1, 0.15) is 0 Å². The number of likely N-dealkylation sites (tertiary alicyclic amines) is 1. The molecule has 4 rings (SSSR count). The Hall–Kier alpha value is -2.98. The number of benzene rings is 1. The van der Waals surface area contributed by atoms with E-state index in [0.29, 0.717) is 29.5 Å². The molecule has 2 atom stereocenters. The van der Waals surface area contributed by atoms with Crippen molar-refractivity contribution in [3.63, 3.8) is 0 Å². The molecule has 0 spiro atoms. The van der Waals surface area contributed by atoms with Crippen molar-refractivity contribution in [1.82, 2.24) is 19.5 Å². The van der Waals surface area contributed by atoms with Crippen LogP contribution in [0.25, 0.3) is 16.9 Å². The number of halogens is 3. The summed E-state index contributed by atoms with van der Waals surface area (Å²) in [7, 11) is 0. The first-order valence-electron chi connectivity index (χ1n) is 9.93. The highest BCUT2D eigenvalue weighted by molar-refractivity contribution is 5.93. The maximum atomic E-state index is 13.7. The minimum Gasteiger partial charge on any atom is -0.390 e. The Morgan fingerprint density at radius 3 is 2.45 bits per heavy atom. The van der Waals surface area contributed by atoms with E-state index in [1.54, 1.807) is 30.3 Å². The monoisotopic (exact) mass is 434 g/mol. The molecule has 2 aromatic heterocycles. The molecule has 0 radical (unpaired) electrons. The molecule has 164 valence electrons. The number of fused-ring (bicyclic) bond motifs is 1. The highest BCUT2D eigenvalue weighted by Crippen LogP contribution is 2.32. The Balaban J connectivity index is 1.72. The summed E-state index contributed by atoms with van der Waals surface area (Å²) in [6.45, 7) is 0.477. The molecule has 2 N–H and O–H groups in total. The summed E-state index contributed by atoms with van der Waals surface area (Å²) in [4.78, 5) is 18.6. The molecular weight excluding hydrogens is 413 g/mol. The van der Waals surface area contributed by atoms with Crippen LogP contribution in [0, 0.1) is 0 Å². The van der Waals surface area contributed by atoms with Crippen molar-refractivity contribution in [3.05, 3.63) is 53.9 Å². The zero-order valence-electron chi connectivity index (χ0n) is 16.5. The fourth-order valence-electron chi connectivity index (χ4n) is 3.68. The van der Waals surface area contributed by atoms with E-state index in [4.69, 9.17) is 0 Å². The maximum Gasteiger partial charge on any atom is 0.433 e. The van der Waals surface area contributed by atoms with Gasteiger partial charge in [0.05, 0.1) is 17.9 Å². The average Bonchev–Trinajstić information content (AvgIpc) is 3.17. The fourth-order valence-corrected chi connectivity index (χ4v) is 3.68. The summed E-state index contributed by atoms with van der Waals surface area (Å²) in [5.74, 6) is -0.538. The van der Waals surface area contributed by atoms with Gasteiger partial charge in [-0.3, -0.25) is 4.79 Å². The quantitative estimate of drug-likeness (QED) is 0.647. The third-order valence-corrected chi connectivity index (χ3v) is 5.36. The summed E-state index contributed by atoms with van der Waals surface area (Å²) >= 11 is 0. The number of nitrogens with zero attached hydrogens (tertiary/aromatic N) is 4. The number of alkyl halides is 3. The summed E-state index contributed by atoms with van der Waals surface area (Å²) in [5, 5.41) is 23.6. The predicted octanol–water partition coefficient (Wildman–Crippen LogP) is 2.76. The largest absolute Gasteiger partial charge is 0.433 e. The number of aromatic nitrogens is 3. The average molecular weight is 434 g/mol. The molecule has 1 aliphatic heterocycles. The van der Waals surface area contributed by atoms with Gasteiger partial charge in [0, 0.05) is 24.7 Å². The molecule has 31 heavy (non-hydrogen) atoms. The van der Waals surface area contributed by atoms with Crippen LogP contribution in [0.1, 0.15) is 35.4 Å². The molecule has 10 heteroatoms. The van der Waals surface area contributed by atoms with Gasteiger partial charge < -0.3 is 15.1 Å². The van der Waals surface area contributed by atoms with E-state index in [2.05, 4.69) is 10.1 Å². The molecule has 0 saturated carbocycles. The van der Waals surface area contributed by atoms with Crippen molar-refractivity contribution < 1.29 is 28.2 Å². The van der Waals surface area contributed by atoms with E-state index >= 15 is 0 Å². The Morgan fingerprint density at radius 2 is 1.74 bits per heavy atom. The van der Waals surface area contributed by atoms with Gasteiger partial charge in [-0.15, -0.1) is 0 Å². The number of hydrogen-bond donors (Lipinski definition) is 2. The molecule has 0 aliphatic carbocycles. The first-order valence-corrected chi connectivity index (χ1v) is 9.93. The lowest BCUT2D eigenvalue weighted by Gasteiger charge is -2.28. The lowest BCUT2D eigenvalue weighted by atomic mass is 10.0. The van der Waals surface area contributed by atoms with E-state index in [1.165, 1.54) is 11.0 Å². The minimum atomic E-state index is -4.70. The summed E-state index contributed by atoms with van der Waals surface area (Å²) in [6, 6.07) is 10.6. The van der Waals surface area contributed by atoms with E-state index < -0.39 is 30.0 Å². The molecule has 1 saturated heterocycles. The topological polar surface area (TPSA) is 91.0 Å². The van der Waals surface area contributed by atoms with Crippen LogP contribution in [-0.2, 0) is 6.18 Å². The number of aliphatic hydroxyl groups is 2. The maximum absolute atomic E-state index is 13.7. The van der Waals surface area contributed by atoms with Crippen molar-refractivity contribution in [1.29, 1.82) is 0 Å². The van der Waals surface area contributed by atoms with Crippen LogP contribution in [0.2, 0.25) is 0 Å². The first-order chi connectivity index (χ1) is 14.7. The minimum absolute atomic E-state index is 0.0838. The second-order valence-electron chi connectivity index (χ2n) is 7.55. The number of carbonyl (C=O) groups is 1. The van der Waals surface area contributed by atoms with E-state index in [0.717, 1.165) is 6.07 Å².